The van der Waals surface area contributed by atoms with Crippen LogP contribution in [0.1, 0.15) is 45.4 Å². The van der Waals surface area contributed by atoms with E-state index in [0.29, 0.717) is 0 Å². The number of allylic oxidation sites excluding steroid dienone is 5. The van der Waals surface area contributed by atoms with E-state index >= 15 is 0 Å². The molecule has 86 valence electrons. The lowest BCUT2D eigenvalue weighted by atomic mass is 10.1. The molecule has 0 aliphatic heterocycles. The molecule has 0 aliphatic carbocycles. The van der Waals surface area contributed by atoms with Gasteiger partial charge in [0.15, 0.2) is 0 Å². The van der Waals surface area contributed by atoms with Crippen LogP contribution in [-0.4, -0.2) is 10.2 Å². The molecule has 0 rings (SSSR count). The molecule has 0 aliphatic rings. The fourth-order valence-corrected chi connectivity index (χ4v) is 1.25. The summed E-state index contributed by atoms with van der Waals surface area (Å²) in [5.41, 5.74) is 0. The molecule has 0 saturated carbocycles. The lowest BCUT2D eigenvalue weighted by Gasteiger charge is -1.95. The van der Waals surface area contributed by atoms with Crippen LogP contribution in [0.15, 0.2) is 36.3 Å². The number of aliphatic hydroxyl groups excluding tert-OH is 1. The van der Waals surface area contributed by atoms with Gasteiger partial charge in [-0.05, 0) is 12.8 Å². The first-order valence-electron chi connectivity index (χ1n) is 5.68. The van der Waals surface area contributed by atoms with Crippen LogP contribution in [0.25, 0.3) is 0 Å². The lowest BCUT2D eigenvalue weighted by Crippen LogP contribution is -1.75. The van der Waals surface area contributed by atoms with Crippen molar-refractivity contribution in [3.8, 4) is 0 Å². The highest BCUT2D eigenvalue weighted by molar-refractivity contribution is 5.10. The maximum Gasteiger partial charge on any atom is 0.274 e. The number of unbranched alkanes of at least 4 members (excludes halogenated alkanes) is 5. The third-order valence-electron chi connectivity index (χ3n) is 2.08. The van der Waals surface area contributed by atoms with Gasteiger partial charge in [-0.25, -0.2) is 0 Å². The Labute approximate surface area is 92.6 Å². The second-order valence-corrected chi connectivity index (χ2v) is 3.54. The normalized spacial score (nSPS) is 11.3. The van der Waals surface area contributed by atoms with Gasteiger partial charge in [-0.1, -0.05) is 56.9 Å². The summed E-state index contributed by atoms with van der Waals surface area (Å²) in [7, 11) is 0. The quantitative estimate of drug-likeness (QED) is 0.354. The van der Waals surface area contributed by atoms with Crippen LogP contribution < -0.4 is 0 Å². The van der Waals surface area contributed by atoms with Crippen molar-refractivity contribution in [1.82, 2.24) is 0 Å². The van der Waals surface area contributed by atoms with Crippen molar-refractivity contribution in [2.24, 2.45) is 0 Å². The molecule has 0 aromatic heterocycles. The molecule has 0 fully saturated rings. The van der Waals surface area contributed by atoms with E-state index in [1.54, 1.807) is 12.2 Å². The van der Waals surface area contributed by atoms with Crippen molar-refractivity contribution in [2.45, 2.75) is 45.4 Å². The van der Waals surface area contributed by atoms with Gasteiger partial charge in [0.2, 0.25) is 0 Å². The lowest BCUT2D eigenvalue weighted by molar-refractivity contribution is 0.191. The van der Waals surface area contributed by atoms with Gasteiger partial charge in [0.1, 0.15) is 0 Å². The average Bonchev–Trinajstić information content (AvgIpc) is 2.20. The summed E-state index contributed by atoms with van der Waals surface area (Å²) in [4.78, 5) is 0. The van der Waals surface area contributed by atoms with Gasteiger partial charge < -0.3 is 10.2 Å². The molecular formula is C13H22O2. The predicted molar refractivity (Wildman–Crippen MR) is 65.0 cm³/mol. The Morgan fingerprint density at radius 1 is 0.933 bits per heavy atom. The van der Waals surface area contributed by atoms with E-state index in [-0.39, 0.29) is 0 Å². The summed E-state index contributed by atoms with van der Waals surface area (Å²) in [6.07, 6.45) is 16.3. The van der Waals surface area contributed by atoms with Crippen molar-refractivity contribution in [3.05, 3.63) is 36.3 Å². The molecule has 2 nitrogen and oxygen atoms in total. The fraction of sp³-hybridized carbons (Fsp3) is 0.538. The van der Waals surface area contributed by atoms with Gasteiger partial charge in [-0.2, -0.15) is 0 Å². The van der Waals surface area contributed by atoms with Crippen molar-refractivity contribution < 1.29 is 10.2 Å². The fourth-order valence-electron chi connectivity index (χ4n) is 1.25. The first kappa shape index (κ1) is 13.8. The van der Waals surface area contributed by atoms with E-state index in [9.17, 15) is 0 Å². The Kier molecular flexibility index (Phi) is 10.0. The Bertz CT molecular complexity index is 211. The maximum atomic E-state index is 8.42. The molecule has 0 aromatic rings. The van der Waals surface area contributed by atoms with E-state index in [1.165, 1.54) is 38.2 Å². The summed E-state index contributed by atoms with van der Waals surface area (Å²) in [6.45, 7) is 2.22. The average molecular weight is 210 g/mol. The van der Waals surface area contributed by atoms with Gasteiger partial charge in [0.05, 0.1) is 0 Å². The molecule has 0 heterocycles. The highest BCUT2D eigenvalue weighted by atomic mass is 16.5. The summed E-state index contributed by atoms with van der Waals surface area (Å²) >= 11 is 0. The van der Waals surface area contributed by atoms with E-state index in [4.69, 9.17) is 10.2 Å². The molecule has 0 spiro atoms. The van der Waals surface area contributed by atoms with Crippen molar-refractivity contribution >= 4 is 0 Å². The molecule has 2 N–H and O–H groups in total. The molecule has 0 atom stereocenters. The Morgan fingerprint density at radius 3 is 2.33 bits per heavy atom. The number of rotatable bonds is 8. The first-order chi connectivity index (χ1) is 7.27. The minimum atomic E-state index is -0.654. The van der Waals surface area contributed by atoms with Crippen molar-refractivity contribution in [1.29, 1.82) is 0 Å². The standard InChI is InChI=1S/C13H22O2/c1-2-3-4-5-6-7-8-9-10-11-12-13(14)15/h8-12,14-15H,2-7H2,1H3. The molecule has 0 saturated heterocycles. The van der Waals surface area contributed by atoms with Crippen molar-refractivity contribution in [3.63, 3.8) is 0 Å². The highest BCUT2D eigenvalue weighted by Crippen LogP contribution is 2.05. The largest absolute Gasteiger partial charge is 0.481 e. The maximum absolute atomic E-state index is 8.42. The predicted octanol–water partition coefficient (Wildman–Crippen LogP) is 4.42. The Balaban J connectivity index is 3.31. The number of hydrogen-bond donors (Lipinski definition) is 2. The van der Waals surface area contributed by atoms with Gasteiger partial charge >= 0.3 is 0 Å². The summed E-state index contributed by atoms with van der Waals surface area (Å²) in [6, 6.07) is 0. The van der Waals surface area contributed by atoms with Gasteiger partial charge in [0, 0.05) is 6.08 Å². The summed E-state index contributed by atoms with van der Waals surface area (Å²) in [5, 5.41) is 16.8. The minimum Gasteiger partial charge on any atom is -0.481 e. The topological polar surface area (TPSA) is 40.5 Å². The summed E-state index contributed by atoms with van der Waals surface area (Å²) in [5.74, 6) is -0.654. The Morgan fingerprint density at radius 2 is 1.67 bits per heavy atom. The van der Waals surface area contributed by atoms with E-state index < -0.39 is 5.95 Å². The third-order valence-corrected chi connectivity index (χ3v) is 2.08. The van der Waals surface area contributed by atoms with Crippen LogP contribution >= 0.6 is 0 Å². The monoisotopic (exact) mass is 210 g/mol. The molecule has 0 bridgehead atoms. The first-order valence-corrected chi connectivity index (χ1v) is 5.68. The SMILES string of the molecule is CCCCCCCC=CC=CC=C(O)O. The molecule has 2 heteroatoms. The molecule has 0 radical (unpaired) electrons. The van der Waals surface area contributed by atoms with Gasteiger partial charge in [-0.15, -0.1) is 0 Å². The van der Waals surface area contributed by atoms with Crippen LogP contribution in [0.3, 0.4) is 0 Å². The number of aliphatic hydroxyl groups is 2. The van der Waals surface area contributed by atoms with Crippen LogP contribution in [-0.2, 0) is 0 Å². The van der Waals surface area contributed by atoms with E-state index in [0.717, 1.165) is 6.42 Å². The molecule has 0 unspecified atom stereocenters. The van der Waals surface area contributed by atoms with Gasteiger partial charge in [-0.3, -0.25) is 0 Å². The van der Waals surface area contributed by atoms with Crippen LogP contribution in [0.5, 0.6) is 0 Å². The van der Waals surface area contributed by atoms with Crippen molar-refractivity contribution in [2.75, 3.05) is 0 Å². The van der Waals surface area contributed by atoms with Crippen LogP contribution in [0.4, 0.5) is 0 Å². The molecule has 0 aromatic carbocycles. The van der Waals surface area contributed by atoms with E-state index in [2.05, 4.69) is 13.0 Å². The summed E-state index contributed by atoms with van der Waals surface area (Å²) < 4.78 is 0. The van der Waals surface area contributed by atoms with Gasteiger partial charge in [0.25, 0.3) is 5.95 Å². The Hall–Kier alpha value is -1.18. The minimum absolute atomic E-state index is 0.654. The third kappa shape index (κ3) is 12.8. The zero-order chi connectivity index (χ0) is 11.4. The number of hydrogen-bond acceptors (Lipinski definition) is 2. The highest BCUT2D eigenvalue weighted by Gasteiger charge is 1.85. The molecular weight excluding hydrogens is 188 g/mol. The molecule has 15 heavy (non-hydrogen) atoms. The van der Waals surface area contributed by atoms with Crippen LogP contribution in [0, 0.1) is 0 Å². The second-order valence-electron chi connectivity index (χ2n) is 3.54. The molecule has 0 amide bonds. The van der Waals surface area contributed by atoms with Crippen LogP contribution in [0.2, 0.25) is 0 Å². The second kappa shape index (κ2) is 10.9. The van der Waals surface area contributed by atoms with E-state index in [1.807, 2.05) is 6.08 Å². The zero-order valence-electron chi connectivity index (χ0n) is 9.52. The zero-order valence-corrected chi connectivity index (χ0v) is 9.52. The smallest absolute Gasteiger partial charge is 0.274 e.